The molecule has 0 saturated carbocycles. The molecule has 0 aromatic heterocycles. The number of carboxylic acids is 1. The van der Waals surface area contributed by atoms with Crippen LogP contribution in [0.4, 0.5) is 0 Å². The Morgan fingerprint density at radius 1 is 1.26 bits per heavy atom. The summed E-state index contributed by atoms with van der Waals surface area (Å²) in [6, 6.07) is 8.19. The molecule has 19 heavy (non-hydrogen) atoms. The molecule has 0 amide bonds. The fourth-order valence-corrected chi connectivity index (χ4v) is 2.67. The second kappa shape index (κ2) is 6.67. The zero-order valence-electron chi connectivity index (χ0n) is 11.1. The largest absolute Gasteiger partial charge is 0.480 e. The van der Waals surface area contributed by atoms with E-state index in [-0.39, 0.29) is 6.04 Å². The van der Waals surface area contributed by atoms with E-state index >= 15 is 0 Å². The third-order valence-corrected chi connectivity index (χ3v) is 4.35. The summed E-state index contributed by atoms with van der Waals surface area (Å²) in [4.78, 5) is 15.4. The van der Waals surface area contributed by atoms with Crippen molar-refractivity contribution in [2.75, 3.05) is 26.2 Å². The van der Waals surface area contributed by atoms with Crippen molar-refractivity contribution in [1.82, 2.24) is 9.80 Å². The fraction of sp³-hybridized carbons (Fsp3) is 0.500. The lowest BCUT2D eigenvalue weighted by Gasteiger charge is -2.36. The van der Waals surface area contributed by atoms with E-state index in [4.69, 9.17) is 5.11 Å². The van der Waals surface area contributed by atoms with Gasteiger partial charge in [0, 0.05) is 36.3 Å². The summed E-state index contributed by atoms with van der Waals surface area (Å²) in [5, 5.41) is 9.01. The predicted molar refractivity (Wildman–Crippen MR) is 83.1 cm³/mol. The molecule has 0 aliphatic carbocycles. The van der Waals surface area contributed by atoms with E-state index in [0.29, 0.717) is 0 Å². The predicted octanol–water partition coefficient (Wildman–Crippen LogP) is 1.88. The van der Waals surface area contributed by atoms with E-state index < -0.39 is 5.97 Å². The molecule has 5 heteroatoms. The molecule has 4 nitrogen and oxygen atoms in total. The highest BCUT2D eigenvalue weighted by Crippen LogP contribution is 2.12. The molecule has 0 bridgehead atoms. The van der Waals surface area contributed by atoms with Gasteiger partial charge in [-0.25, -0.2) is 0 Å². The van der Waals surface area contributed by atoms with Gasteiger partial charge in [-0.1, -0.05) is 12.1 Å². The molecule has 1 aromatic carbocycles. The van der Waals surface area contributed by atoms with Gasteiger partial charge in [0.1, 0.15) is 6.04 Å². The average Bonchev–Trinajstić information content (AvgIpc) is 2.41. The lowest BCUT2D eigenvalue weighted by Crippen LogP contribution is -2.51. The van der Waals surface area contributed by atoms with Crippen LogP contribution in [0, 0.1) is 3.57 Å². The van der Waals surface area contributed by atoms with Crippen molar-refractivity contribution in [3.63, 3.8) is 0 Å². The highest BCUT2D eigenvalue weighted by molar-refractivity contribution is 14.1. The van der Waals surface area contributed by atoms with Crippen molar-refractivity contribution < 1.29 is 9.90 Å². The van der Waals surface area contributed by atoms with Crippen molar-refractivity contribution in [2.45, 2.75) is 19.5 Å². The Bertz CT molecular complexity index is 428. The van der Waals surface area contributed by atoms with Crippen LogP contribution in [0.15, 0.2) is 24.3 Å². The van der Waals surface area contributed by atoms with E-state index in [2.05, 4.69) is 51.8 Å². The van der Waals surface area contributed by atoms with Crippen molar-refractivity contribution >= 4 is 28.6 Å². The molecule has 1 aliphatic rings. The molecule has 1 N–H and O–H groups in total. The van der Waals surface area contributed by atoms with Crippen LogP contribution in [-0.4, -0.2) is 53.1 Å². The van der Waals surface area contributed by atoms with Gasteiger partial charge in [0.15, 0.2) is 0 Å². The summed E-state index contributed by atoms with van der Waals surface area (Å²) in [5.41, 5.74) is 1.32. The molecule has 1 aromatic rings. The lowest BCUT2D eigenvalue weighted by molar-refractivity contribution is -0.143. The number of benzene rings is 1. The summed E-state index contributed by atoms with van der Waals surface area (Å²) < 4.78 is 1.25. The van der Waals surface area contributed by atoms with Gasteiger partial charge >= 0.3 is 5.97 Å². The Morgan fingerprint density at radius 2 is 1.84 bits per heavy atom. The summed E-state index contributed by atoms with van der Waals surface area (Å²) in [7, 11) is 0. The zero-order chi connectivity index (χ0) is 13.8. The topological polar surface area (TPSA) is 43.8 Å². The van der Waals surface area contributed by atoms with Crippen LogP contribution in [0.25, 0.3) is 0 Å². The molecule has 1 heterocycles. The summed E-state index contributed by atoms with van der Waals surface area (Å²) in [6.45, 7) is 6.24. The standard InChI is InChI=1S/C14H19IN2O2/c1-11(14(18)19)17-8-6-16(7-9-17)10-12-2-4-13(15)5-3-12/h2-5,11H,6-10H2,1H3,(H,18,19). The molecule has 1 aliphatic heterocycles. The second-order valence-electron chi connectivity index (χ2n) is 4.95. The first-order valence-electron chi connectivity index (χ1n) is 6.50. The van der Waals surface area contributed by atoms with Gasteiger partial charge in [-0.05, 0) is 47.2 Å². The molecule has 1 atom stereocenters. The summed E-state index contributed by atoms with van der Waals surface area (Å²) in [5.74, 6) is -0.730. The minimum atomic E-state index is -0.730. The number of piperazine rings is 1. The normalized spacial score (nSPS) is 19.3. The van der Waals surface area contributed by atoms with Gasteiger partial charge in [0.2, 0.25) is 0 Å². The third kappa shape index (κ3) is 4.15. The lowest BCUT2D eigenvalue weighted by atomic mass is 10.2. The Kier molecular flexibility index (Phi) is 5.18. The van der Waals surface area contributed by atoms with Gasteiger partial charge in [0.25, 0.3) is 0 Å². The summed E-state index contributed by atoms with van der Waals surface area (Å²) in [6.07, 6.45) is 0. The van der Waals surface area contributed by atoms with Gasteiger partial charge in [-0.3, -0.25) is 14.6 Å². The van der Waals surface area contributed by atoms with Crippen LogP contribution in [0.3, 0.4) is 0 Å². The van der Waals surface area contributed by atoms with Gasteiger partial charge in [-0.2, -0.15) is 0 Å². The first-order chi connectivity index (χ1) is 9.06. The van der Waals surface area contributed by atoms with Gasteiger partial charge in [-0.15, -0.1) is 0 Å². The number of halogens is 1. The average molecular weight is 374 g/mol. The van der Waals surface area contributed by atoms with Crippen molar-refractivity contribution in [3.8, 4) is 0 Å². The Labute approximate surface area is 127 Å². The Morgan fingerprint density at radius 3 is 2.37 bits per heavy atom. The van der Waals surface area contributed by atoms with Crippen LogP contribution < -0.4 is 0 Å². The number of hydrogen-bond acceptors (Lipinski definition) is 3. The van der Waals surface area contributed by atoms with E-state index in [1.165, 1.54) is 9.13 Å². The minimum Gasteiger partial charge on any atom is -0.480 e. The number of hydrogen-bond donors (Lipinski definition) is 1. The van der Waals surface area contributed by atoms with Crippen molar-refractivity contribution in [2.24, 2.45) is 0 Å². The van der Waals surface area contributed by atoms with Crippen LogP contribution in [0.2, 0.25) is 0 Å². The molecule has 2 rings (SSSR count). The van der Waals surface area contributed by atoms with Crippen LogP contribution in [0.1, 0.15) is 12.5 Å². The molecule has 104 valence electrons. The maximum absolute atomic E-state index is 10.9. The van der Waals surface area contributed by atoms with Crippen LogP contribution in [0.5, 0.6) is 0 Å². The van der Waals surface area contributed by atoms with Crippen molar-refractivity contribution in [1.29, 1.82) is 0 Å². The summed E-state index contributed by atoms with van der Waals surface area (Å²) >= 11 is 2.31. The molecular formula is C14H19IN2O2. The second-order valence-corrected chi connectivity index (χ2v) is 6.20. The molecule has 1 unspecified atom stereocenters. The molecule has 1 fully saturated rings. The minimum absolute atomic E-state index is 0.375. The van der Waals surface area contributed by atoms with E-state index in [0.717, 1.165) is 32.7 Å². The van der Waals surface area contributed by atoms with Gasteiger partial charge < -0.3 is 5.11 Å². The molecule has 0 spiro atoms. The molecular weight excluding hydrogens is 355 g/mol. The number of carboxylic acid groups (broad SMARTS) is 1. The molecule has 0 radical (unpaired) electrons. The maximum atomic E-state index is 10.9. The van der Waals surface area contributed by atoms with E-state index in [1.807, 2.05) is 4.90 Å². The van der Waals surface area contributed by atoms with Gasteiger partial charge in [0.05, 0.1) is 0 Å². The monoisotopic (exact) mass is 374 g/mol. The number of aliphatic carboxylic acids is 1. The van der Waals surface area contributed by atoms with Crippen LogP contribution >= 0.6 is 22.6 Å². The SMILES string of the molecule is CC(C(=O)O)N1CCN(Cc2ccc(I)cc2)CC1. The number of carbonyl (C=O) groups is 1. The number of rotatable bonds is 4. The Hall–Kier alpha value is -0.660. The smallest absolute Gasteiger partial charge is 0.320 e. The van der Waals surface area contributed by atoms with E-state index in [9.17, 15) is 4.79 Å². The Balaban J connectivity index is 1.83. The first-order valence-corrected chi connectivity index (χ1v) is 7.58. The fourth-order valence-electron chi connectivity index (χ4n) is 2.31. The third-order valence-electron chi connectivity index (χ3n) is 3.63. The molecule has 1 saturated heterocycles. The first kappa shape index (κ1) is 14.7. The zero-order valence-corrected chi connectivity index (χ0v) is 13.2. The maximum Gasteiger partial charge on any atom is 0.320 e. The number of nitrogens with zero attached hydrogens (tertiary/aromatic N) is 2. The highest BCUT2D eigenvalue weighted by atomic mass is 127. The van der Waals surface area contributed by atoms with Crippen LogP contribution in [-0.2, 0) is 11.3 Å². The van der Waals surface area contributed by atoms with Crippen molar-refractivity contribution in [3.05, 3.63) is 33.4 Å². The van der Waals surface area contributed by atoms with E-state index in [1.54, 1.807) is 6.92 Å². The quantitative estimate of drug-likeness (QED) is 0.818. The highest BCUT2D eigenvalue weighted by Gasteiger charge is 2.24.